The summed E-state index contributed by atoms with van der Waals surface area (Å²) in [4.78, 5) is 0. The molecule has 0 saturated heterocycles. The van der Waals surface area contributed by atoms with Crippen LogP contribution in [-0.2, 0) is 4.74 Å². The summed E-state index contributed by atoms with van der Waals surface area (Å²) in [6.45, 7) is 14.4. The monoisotopic (exact) mass is 445 g/mol. The summed E-state index contributed by atoms with van der Waals surface area (Å²) in [6.07, 6.45) is 18.9. The van der Waals surface area contributed by atoms with Crippen molar-refractivity contribution in [3.63, 3.8) is 0 Å². The van der Waals surface area contributed by atoms with Gasteiger partial charge in [-0.1, -0.05) is 53.9 Å². The van der Waals surface area contributed by atoms with Gasteiger partial charge in [0.05, 0.1) is 6.10 Å². The fourth-order valence-electron chi connectivity index (χ4n) is 9.73. The molecule has 0 aromatic carbocycles. The first-order chi connectivity index (χ1) is 15.3. The predicted octanol–water partition coefficient (Wildman–Crippen LogP) is 7.84. The molecule has 0 bridgehead atoms. The average molecular weight is 446 g/mol. The average Bonchev–Trinajstić information content (AvgIpc) is 3.11. The van der Waals surface area contributed by atoms with Gasteiger partial charge < -0.3 is 10.5 Å². The number of hydrogen-bond donors (Lipinski definition) is 1. The van der Waals surface area contributed by atoms with E-state index in [2.05, 4.69) is 34.6 Å². The molecule has 0 spiro atoms. The van der Waals surface area contributed by atoms with E-state index in [-0.39, 0.29) is 0 Å². The molecule has 4 aliphatic rings. The lowest BCUT2D eigenvalue weighted by Crippen LogP contribution is -2.54. The first-order valence-corrected chi connectivity index (χ1v) is 14.6. The van der Waals surface area contributed by atoms with E-state index >= 15 is 0 Å². The molecule has 2 heteroatoms. The highest BCUT2D eigenvalue weighted by atomic mass is 16.5. The van der Waals surface area contributed by atoms with Crippen molar-refractivity contribution in [2.75, 3.05) is 13.2 Å². The van der Waals surface area contributed by atoms with Crippen LogP contribution in [0.25, 0.3) is 0 Å². The number of rotatable bonds is 9. The maximum atomic E-state index is 6.25. The van der Waals surface area contributed by atoms with E-state index < -0.39 is 0 Å². The lowest BCUT2D eigenvalue weighted by molar-refractivity contribution is -0.136. The summed E-state index contributed by atoms with van der Waals surface area (Å²) in [6, 6.07) is 0. The van der Waals surface area contributed by atoms with Gasteiger partial charge in [0, 0.05) is 6.61 Å². The maximum Gasteiger partial charge on any atom is 0.0578 e. The third kappa shape index (κ3) is 4.71. The molecule has 32 heavy (non-hydrogen) atoms. The first kappa shape index (κ1) is 25.0. The zero-order valence-electron chi connectivity index (χ0n) is 22.2. The van der Waals surface area contributed by atoms with Crippen molar-refractivity contribution in [3.8, 4) is 0 Å². The highest BCUT2D eigenvalue weighted by Gasteiger charge is 2.60. The van der Waals surface area contributed by atoms with Gasteiger partial charge in [0.15, 0.2) is 0 Å². The molecule has 2 N–H and O–H groups in total. The third-order valence-electron chi connectivity index (χ3n) is 11.5. The van der Waals surface area contributed by atoms with Crippen LogP contribution >= 0.6 is 0 Å². The molecule has 9 atom stereocenters. The Morgan fingerprint density at radius 3 is 2.34 bits per heavy atom. The second-order valence-electron chi connectivity index (χ2n) is 13.6. The van der Waals surface area contributed by atoms with Gasteiger partial charge in [-0.25, -0.2) is 0 Å². The van der Waals surface area contributed by atoms with Gasteiger partial charge in [0.25, 0.3) is 0 Å². The molecule has 0 aliphatic heterocycles. The van der Waals surface area contributed by atoms with Crippen molar-refractivity contribution in [2.45, 2.75) is 124 Å². The Kier molecular flexibility index (Phi) is 8.03. The highest BCUT2D eigenvalue weighted by Crippen LogP contribution is 2.68. The largest absolute Gasteiger partial charge is 0.378 e. The van der Waals surface area contributed by atoms with E-state index in [1.165, 1.54) is 77.0 Å². The minimum atomic E-state index is 0.507. The van der Waals surface area contributed by atoms with Crippen molar-refractivity contribution in [1.29, 1.82) is 0 Å². The second kappa shape index (κ2) is 10.3. The second-order valence-corrected chi connectivity index (χ2v) is 13.6. The molecule has 4 fully saturated rings. The van der Waals surface area contributed by atoms with Crippen LogP contribution in [0.5, 0.6) is 0 Å². The molecule has 4 aliphatic carbocycles. The van der Waals surface area contributed by atoms with Gasteiger partial charge in [-0.2, -0.15) is 0 Å². The molecule has 4 rings (SSSR count). The molecule has 0 aromatic heterocycles. The maximum absolute atomic E-state index is 6.25. The molecule has 2 nitrogen and oxygen atoms in total. The predicted molar refractivity (Wildman–Crippen MR) is 136 cm³/mol. The Hall–Kier alpha value is -0.0800. The summed E-state index contributed by atoms with van der Waals surface area (Å²) >= 11 is 0. The lowest BCUT2D eigenvalue weighted by Gasteiger charge is -2.61. The molecule has 0 aromatic rings. The Morgan fingerprint density at radius 1 is 0.844 bits per heavy atom. The van der Waals surface area contributed by atoms with Gasteiger partial charge in [-0.05, 0) is 123 Å². The van der Waals surface area contributed by atoms with Crippen LogP contribution in [-0.4, -0.2) is 19.3 Å². The summed E-state index contributed by atoms with van der Waals surface area (Å²) in [5.41, 5.74) is 6.89. The highest BCUT2D eigenvalue weighted by molar-refractivity contribution is 5.09. The molecule has 186 valence electrons. The number of fused-ring (bicyclic) bond motifs is 5. The topological polar surface area (TPSA) is 35.2 Å². The smallest absolute Gasteiger partial charge is 0.0578 e. The van der Waals surface area contributed by atoms with Crippen LogP contribution in [0.1, 0.15) is 118 Å². The summed E-state index contributed by atoms with van der Waals surface area (Å²) in [7, 11) is 0. The molecular formula is C30H55NO. The van der Waals surface area contributed by atoms with E-state index in [1.54, 1.807) is 0 Å². The third-order valence-corrected chi connectivity index (χ3v) is 11.5. The standard InChI is InChI=1S/C30H55NO/c1-21(2)8-6-9-22(3)26-12-13-27-25-11-10-23-20-24(32-19-7-18-31)14-16-29(23,4)28(25)15-17-30(26,27)5/h21-28H,6-20,31H2,1-5H3/t22-,23?,24?,25+,26-,27+,28+,29+,30-/m1/s1. The fraction of sp³-hybridized carbons (Fsp3) is 1.00. The zero-order valence-corrected chi connectivity index (χ0v) is 22.2. The summed E-state index contributed by atoms with van der Waals surface area (Å²) < 4.78 is 6.25. The molecule has 0 radical (unpaired) electrons. The van der Waals surface area contributed by atoms with Gasteiger partial charge >= 0.3 is 0 Å². The van der Waals surface area contributed by atoms with E-state index in [0.717, 1.165) is 61.0 Å². The van der Waals surface area contributed by atoms with Crippen LogP contribution in [0.4, 0.5) is 0 Å². The summed E-state index contributed by atoms with van der Waals surface area (Å²) in [5.74, 6) is 6.68. The lowest BCUT2D eigenvalue weighted by atomic mass is 9.44. The van der Waals surface area contributed by atoms with Crippen molar-refractivity contribution >= 4 is 0 Å². The number of ether oxygens (including phenoxy) is 1. The minimum absolute atomic E-state index is 0.507. The van der Waals surface area contributed by atoms with Crippen LogP contribution in [0.2, 0.25) is 0 Å². The van der Waals surface area contributed by atoms with Crippen molar-refractivity contribution < 1.29 is 4.74 Å². The van der Waals surface area contributed by atoms with Crippen molar-refractivity contribution in [1.82, 2.24) is 0 Å². The quantitative estimate of drug-likeness (QED) is 0.367. The molecule has 0 amide bonds. The van der Waals surface area contributed by atoms with Crippen LogP contribution in [0.15, 0.2) is 0 Å². The Labute approximate surface area is 200 Å². The SMILES string of the molecule is CC(C)CCC[C@@H](C)[C@H]1CC[C@H]2[C@@H]3CCC4CC(OCCCN)CC[C@]4(C)[C@H]3CC[C@]12C. The Balaban J connectivity index is 1.39. The van der Waals surface area contributed by atoms with Crippen LogP contribution in [0, 0.1) is 52.3 Å². The van der Waals surface area contributed by atoms with Crippen molar-refractivity contribution in [2.24, 2.45) is 58.0 Å². The number of hydrogen-bond acceptors (Lipinski definition) is 2. The zero-order chi connectivity index (χ0) is 22.9. The van der Waals surface area contributed by atoms with E-state index in [0.29, 0.717) is 16.9 Å². The van der Waals surface area contributed by atoms with Crippen LogP contribution in [0.3, 0.4) is 0 Å². The van der Waals surface area contributed by atoms with Gasteiger partial charge in [0.1, 0.15) is 0 Å². The molecule has 4 saturated carbocycles. The Morgan fingerprint density at radius 2 is 1.59 bits per heavy atom. The van der Waals surface area contributed by atoms with E-state index in [4.69, 9.17) is 10.5 Å². The first-order valence-electron chi connectivity index (χ1n) is 14.6. The molecule has 2 unspecified atom stereocenters. The van der Waals surface area contributed by atoms with E-state index in [1.807, 2.05) is 0 Å². The van der Waals surface area contributed by atoms with Crippen molar-refractivity contribution in [3.05, 3.63) is 0 Å². The normalized spacial score (nSPS) is 44.7. The van der Waals surface area contributed by atoms with Crippen LogP contribution < -0.4 is 5.73 Å². The summed E-state index contributed by atoms with van der Waals surface area (Å²) in [5, 5.41) is 0. The van der Waals surface area contributed by atoms with Gasteiger partial charge in [0.2, 0.25) is 0 Å². The minimum Gasteiger partial charge on any atom is -0.378 e. The fourth-order valence-corrected chi connectivity index (χ4v) is 9.73. The Bertz CT molecular complexity index is 604. The molecular weight excluding hydrogens is 390 g/mol. The van der Waals surface area contributed by atoms with E-state index in [9.17, 15) is 0 Å². The molecule has 0 heterocycles. The van der Waals surface area contributed by atoms with Gasteiger partial charge in [-0.3, -0.25) is 0 Å². The number of nitrogens with two attached hydrogens (primary N) is 1. The van der Waals surface area contributed by atoms with Gasteiger partial charge in [-0.15, -0.1) is 0 Å².